The standard InChI is InChI=1S/C16H20O3/c1-13-15(10-6-3-7-11-18-13)16(17)19-12-14-8-4-2-5-9-14/h2,4-5,8-9H,3,6-7,10-12H2,1H3/b15-13+. The Balaban J connectivity index is 1.96. The molecule has 0 unspecified atom stereocenters. The van der Waals surface area contributed by atoms with Gasteiger partial charge in [0, 0.05) is 0 Å². The van der Waals surface area contributed by atoms with E-state index in [0.29, 0.717) is 18.8 Å². The maximum Gasteiger partial charge on any atom is 0.337 e. The van der Waals surface area contributed by atoms with Gasteiger partial charge < -0.3 is 9.47 Å². The minimum atomic E-state index is -0.247. The summed E-state index contributed by atoms with van der Waals surface area (Å²) in [6.07, 6.45) is 3.93. The van der Waals surface area contributed by atoms with Gasteiger partial charge in [0.05, 0.1) is 12.2 Å². The van der Waals surface area contributed by atoms with Crippen LogP contribution in [0.5, 0.6) is 0 Å². The molecule has 0 aromatic heterocycles. The van der Waals surface area contributed by atoms with Crippen LogP contribution >= 0.6 is 0 Å². The van der Waals surface area contributed by atoms with E-state index in [9.17, 15) is 4.79 Å². The first-order valence-electron chi connectivity index (χ1n) is 6.81. The van der Waals surface area contributed by atoms with Crippen molar-refractivity contribution in [3.8, 4) is 0 Å². The van der Waals surface area contributed by atoms with Gasteiger partial charge in [-0.15, -0.1) is 0 Å². The summed E-state index contributed by atoms with van der Waals surface area (Å²) in [7, 11) is 0. The number of hydrogen-bond acceptors (Lipinski definition) is 3. The molecule has 0 bridgehead atoms. The Morgan fingerprint density at radius 3 is 2.79 bits per heavy atom. The van der Waals surface area contributed by atoms with Crippen LogP contribution in [0.4, 0.5) is 0 Å². The quantitative estimate of drug-likeness (QED) is 0.779. The van der Waals surface area contributed by atoms with Crippen molar-refractivity contribution in [1.82, 2.24) is 0 Å². The van der Waals surface area contributed by atoms with Crippen LogP contribution in [0.15, 0.2) is 41.7 Å². The van der Waals surface area contributed by atoms with Gasteiger partial charge in [0.15, 0.2) is 0 Å². The largest absolute Gasteiger partial charge is 0.498 e. The van der Waals surface area contributed by atoms with Gasteiger partial charge >= 0.3 is 5.97 Å². The molecule has 0 saturated heterocycles. The summed E-state index contributed by atoms with van der Waals surface area (Å²) < 4.78 is 10.9. The smallest absolute Gasteiger partial charge is 0.337 e. The van der Waals surface area contributed by atoms with E-state index in [1.807, 2.05) is 37.3 Å². The topological polar surface area (TPSA) is 35.5 Å². The lowest BCUT2D eigenvalue weighted by Gasteiger charge is -2.16. The van der Waals surface area contributed by atoms with Gasteiger partial charge in [0.1, 0.15) is 12.4 Å². The summed E-state index contributed by atoms with van der Waals surface area (Å²) in [6, 6.07) is 9.71. The molecule has 0 atom stereocenters. The maximum absolute atomic E-state index is 12.1. The zero-order valence-corrected chi connectivity index (χ0v) is 11.4. The first-order valence-corrected chi connectivity index (χ1v) is 6.81. The zero-order valence-electron chi connectivity index (χ0n) is 11.4. The van der Waals surface area contributed by atoms with Gasteiger partial charge in [-0.25, -0.2) is 4.79 Å². The average molecular weight is 260 g/mol. The minimum absolute atomic E-state index is 0.247. The van der Waals surface area contributed by atoms with E-state index in [1.165, 1.54) is 0 Å². The molecule has 2 rings (SSSR count). The SMILES string of the molecule is C/C1=C(\C(=O)OCc2ccccc2)CCCCCO1. The summed E-state index contributed by atoms with van der Waals surface area (Å²) in [5, 5.41) is 0. The molecule has 0 amide bonds. The van der Waals surface area contributed by atoms with Gasteiger partial charge in [-0.3, -0.25) is 0 Å². The molecule has 0 spiro atoms. The lowest BCUT2D eigenvalue weighted by Crippen LogP contribution is -2.13. The Hall–Kier alpha value is -1.77. The second kappa shape index (κ2) is 6.98. The molecule has 0 aliphatic carbocycles. The highest BCUT2D eigenvalue weighted by molar-refractivity contribution is 5.88. The number of benzene rings is 1. The molecule has 3 heteroatoms. The fraction of sp³-hybridized carbons (Fsp3) is 0.438. The van der Waals surface area contributed by atoms with Crippen LogP contribution in [0.1, 0.15) is 38.2 Å². The molecule has 0 N–H and O–H groups in total. The Bertz CT molecular complexity index is 448. The van der Waals surface area contributed by atoms with Crippen molar-refractivity contribution < 1.29 is 14.3 Å². The summed E-state index contributed by atoms with van der Waals surface area (Å²) in [5.41, 5.74) is 1.69. The predicted molar refractivity (Wildman–Crippen MR) is 73.4 cm³/mol. The molecule has 3 nitrogen and oxygen atoms in total. The monoisotopic (exact) mass is 260 g/mol. The van der Waals surface area contributed by atoms with Gasteiger partial charge in [0.2, 0.25) is 0 Å². The molecule has 19 heavy (non-hydrogen) atoms. The Kier molecular flexibility index (Phi) is 5.01. The molecule has 0 saturated carbocycles. The third-order valence-electron chi connectivity index (χ3n) is 3.27. The summed E-state index contributed by atoms with van der Waals surface area (Å²) >= 11 is 0. The highest BCUT2D eigenvalue weighted by Crippen LogP contribution is 2.20. The van der Waals surface area contributed by atoms with Gasteiger partial charge in [-0.1, -0.05) is 30.3 Å². The maximum atomic E-state index is 12.1. The van der Waals surface area contributed by atoms with Crippen molar-refractivity contribution in [3.05, 3.63) is 47.2 Å². The molecule has 1 aliphatic heterocycles. The summed E-state index contributed by atoms with van der Waals surface area (Å²) in [5.74, 6) is 0.473. The third-order valence-corrected chi connectivity index (χ3v) is 3.27. The second-order valence-corrected chi connectivity index (χ2v) is 4.76. The van der Waals surface area contributed by atoms with Crippen molar-refractivity contribution in [2.24, 2.45) is 0 Å². The van der Waals surface area contributed by atoms with Crippen LogP contribution in [0.2, 0.25) is 0 Å². The lowest BCUT2D eigenvalue weighted by atomic mass is 10.1. The zero-order chi connectivity index (χ0) is 13.5. The van der Waals surface area contributed by atoms with Crippen LogP contribution in [-0.4, -0.2) is 12.6 Å². The average Bonchev–Trinajstić information content (AvgIpc) is 2.42. The van der Waals surface area contributed by atoms with Gasteiger partial charge in [-0.2, -0.15) is 0 Å². The van der Waals surface area contributed by atoms with Crippen LogP contribution in [0.3, 0.4) is 0 Å². The van der Waals surface area contributed by atoms with Crippen molar-refractivity contribution in [1.29, 1.82) is 0 Å². The highest BCUT2D eigenvalue weighted by atomic mass is 16.5. The molecule has 0 radical (unpaired) electrons. The molecule has 1 aliphatic rings. The van der Waals surface area contributed by atoms with E-state index in [0.717, 1.165) is 37.0 Å². The number of carbonyl (C=O) groups excluding carboxylic acids is 1. The lowest BCUT2D eigenvalue weighted by molar-refractivity contribution is -0.140. The normalized spacial score (nSPS) is 20.1. The first kappa shape index (κ1) is 13.7. The van der Waals surface area contributed by atoms with Gasteiger partial charge in [0.25, 0.3) is 0 Å². The third kappa shape index (κ3) is 4.12. The van der Waals surface area contributed by atoms with Gasteiger partial charge in [-0.05, 0) is 38.2 Å². The Morgan fingerprint density at radius 1 is 1.21 bits per heavy atom. The van der Waals surface area contributed by atoms with E-state index in [1.54, 1.807) is 0 Å². The summed E-state index contributed by atoms with van der Waals surface area (Å²) in [4.78, 5) is 12.1. The van der Waals surface area contributed by atoms with E-state index < -0.39 is 0 Å². The second-order valence-electron chi connectivity index (χ2n) is 4.76. The van der Waals surface area contributed by atoms with E-state index in [4.69, 9.17) is 9.47 Å². The van der Waals surface area contributed by atoms with Crippen molar-refractivity contribution in [3.63, 3.8) is 0 Å². The Labute approximate surface area is 114 Å². The number of esters is 1. The van der Waals surface area contributed by atoms with Crippen molar-refractivity contribution >= 4 is 5.97 Å². The molecule has 102 valence electrons. The number of rotatable bonds is 3. The molecular formula is C16H20O3. The van der Waals surface area contributed by atoms with Crippen LogP contribution in [0.25, 0.3) is 0 Å². The molecule has 1 aromatic carbocycles. The van der Waals surface area contributed by atoms with Crippen LogP contribution < -0.4 is 0 Å². The molecule has 1 aromatic rings. The molecule has 1 heterocycles. The van der Waals surface area contributed by atoms with Crippen molar-refractivity contribution in [2.45, 2.75) is 39.2 Å². The highest BCUT2D eigenvalue weighted by Gasteiger charge is 2.17. The number of carbonyl (C=O) groups is 1. The van der Waals surface area contributed by atoms with Crippen molar-refractivity contribution in [2.75, 3.05) is 6.61 Å². The number of hydrogen-bond donors (Lipinski definition) is 0. The first-order chi connectivity index (χ1) is 9.27. The number of ether oxygens (including phenoxy) is 2. The predicted octanol–water partition coefficient (Wildman–Crippen LogP) is 3.59. The minimum Gasteiger partial charge on any atom is -0.498 e. The van der Waals surface area contributed by atoms with Crippen LogP contribution in [0, 0.1) is 0 Å². The number of allylic oxidation sites excluding steroid dienone is 1. The molecule has 0 fully saturated rings. The molecular weight excluding hydrogens is 240 g/mol. The Morgan fingerprint density at radius 2 is 2.00 bits per heavy atom. The van der Waals surface area contributed by atoms with Crippen LogP contribution in [-0.2, 0) is 20.9 Å². The summed E-state index contributed by atoms with van der Waals surface area (Å²) in [6.45, 7) is 2.86. The van der Waals surface area contributed by atoms with E-state index >= 15 is 0 Å². The van der Waals surface area contributed by atoms with E-state index in [2.05, 4.69) is 0 Å². The fourth-order valence-corrected chi connectivity index (χ4v) is 2.13. The van der Waals surface area contributed by atoms with E-state index in [-0.39, 0.29) is 5.97 Å². The fourth-order valence-electron chi connectivity index (χ4n) is 2.13.